The lowest BCUT2D eigenvalue weighted by molar-refractivity contribution is 0.0476. The van der Waals surface area contributed by atoms with Gasteiger partial charge in [-0.2, -0.15) is 0 Å². The lowest BCUT2D eigenvalue weighted by Gasteiger charge is -2.11. The van der Waals surface area contributed by atoms with Crippen LogP contribution in [0.1, 0.15) is 20.7 Å². The number of carbonyl (C=O) groups excluding carboxylic acids is 2. The van der Waals surface area contributed by atoms with Crippen LogP contribution in [0.4, 0.5) is 0 Å². The van der Waals surface area contributed by atoms with Crippen LogP contribution in [-0.4, -0.2) is 18.4 Å². The van der Waals surface area contributed by atoms with Crippen LogP contribution in [0.15, 0.2) is 105 Å². The molecule has 0 aliphatic carbocycles. The van der Waals surface area contributed by atoms with E-state index < -0.39 is 5.97 Å². The van der Waals surface area contributed by atoms with Crippen LogP contribution in [0.25, 0.3) is 10.8 Å². The van der Waals surface area contributed by atoms with E-state index in [2.05, 4.69) is 15.9 Å². The molecule has 0 N–H and O–H groups in total. The SMILES string of the molecule is O=C(COC(=O)c1cccc2cccc(Sc3ccccc3)c12)c1ccc(Br)cc1. The molecule has 0 unspecified atom stereocenters. The van der Waals surface area contributed by atoms with Gasteiger partial charge in [-0.25, -0.2) is 4.79 Å². The van der Waals surface area contributed by atoms with Gasteiger partial charge >= 0.3 is 5.97 Å². The third-order valence-electron chi connectivity index (χ3n) is 4.56. The molecule has 3 nitrogen and oxygen atoms in total. The summed E-state index contributed by atoms with van der Waals surface area (Å²) in [6, 6.07) is 28.4. The van der Waals surface area contributed by atoms with Gasteiger partial charge in [0.1, 0.15) is 0 Å². The minimum Gasteiger partial charge on any atom is -0.454 e. The summed E-state index contributed by atoms with van der Waals surface area (Å²) in [5.74, 6) is -0.748. The Morgan fingerprint density at radius 2 is 1.50 bits per heavy atom. The highest BCUT2D eigenvalue weighted by Crippen LogP contribution is 2.35. The van der Waals surface area contributed by atoms with Gasteiger partial charge in [0, 0.05) is 25.2 Å². The Hall–Kier alpha value is -2.89. The van der Waals surface area contributed by atoms with Gasteiger partial charge in [0.05, 0.1) is 5.56 Å². The van der Waals surface area contributed by atoms with Crippen LogP contribution in [-0.2, 0) is 4.74 Å². The van der Waals surface area contributed by atoms with Crippen molar-refractivity contribution in [1.82, 2.24) is 0 Å². The van der Waals surface area contributed by atoms with Gasteiger partial charge in [0.2, 0.25) is 0 Å². The Kier molecular flexibility index (Phi) is 6.31. The van der Waals surface area contributed by atoms with Crippen LogP contribution in [0, 0.1) is 0 Å². The third kappa shape index (κ3) is 4.64. The first-order valence-electron chi connectivity index (χ1n) is 9.32. The van der Waals surface area contributed by atoms with Crippen LogP contribution >= 0.6 is 27.7 Å². The zero-order chi connectivity index (χ0) is 20.9. The maximum Gasteiger partial charge on any atom is 0.339 e. The zero-order valence-corrected chi connectivity index (χ0v) is 18.3. The number of benzene rings is 4. The van der Waals surface area contributed by atoms with E-state index in [1.54, 1.807) is 42.1 Å². The molecule has 0 aromatic heterocycles. The van der Waals surface area contributed by atoms with E-state index in [-0.39, 0.29) is 12.4 Å². The average molecular weight is 477 g/mol. The van der Waals surface area contributed by atoms with Crippen LogP contribution in [0.3, 0.4) is 0 Å². The summed E-state index contributed by atoms with van der Waals surface area (Å²) in [6.45, 7) is -0.301. The molecule has 0 spiro atoms. The monoisotopic (exact) mass is 476 g/mol. The Balaban J connectivity index is 1.59. The summed E-state index contributed by atoms with van der Waals surface area (Å²) in [5, 5.41) is 1.78. The summed E-state index contributed by atoms with van der Waals surface area (Å²) in [7, 11) is 0. The lowest BCUT2D eigenvalue weighted by atomic mass is 10.0. The predicted octanol–water partition coefficient (Wildman–Crippen LogP) is 6.79. The zero-order valence-electron chi connectivity index (χ0n) is 15.9. The molecular weight excluding hydrogens is 460 g/mol. The Morgan fingerprint density at radius 1 is 0.800 bits per heavy atom. The van der Waals surface area contributed by atoms with E-state index in [0.29, 0.717) is 11.1 Å². The summed E-state index contributed by atoms with van der Waals surface area (Å²) >= 11 is 4.93. The molecule has 30 heavy (non-hydrogen) atoms. The molecule has 0 aliphatic heterocycles. The second-order valence-corrected chi connectivity index (χ2v) is 8.61. The van der Waals surface area contributed by atoms with Crippen LogP contribution in [0.5, 0.6) is 0 Å². The topological polar surface area (TPSA) is 43.4 Å². The van der Waals surface area contributed by atoms with Gasteiger partial charge in [0.25, 0.3) is 0 Å². The molecule has 0 saturated heterocycles. The molecule has 4 aromatic carbocycles. The van der Waals surface area contributed by atoms with E-state index in [1.165, 1.54) is 0 Å². The number of fused-ring (bicyclic) bond motifs is 1. The van der Waals surface area contributed by atoms with Gasteiger partial charge in [-0.3, -0.25) is 4.79 Å². The van der Waals surface area contributed by atoms with Crippen LogP contribution in [0.2, 0.25) is 0 Å². The number of hydrogen-bond donors (Lipinski definition) is 0. The number of ketones is 1. The third-order valence-corrected chi connectivity index (χ3v) is 6.15. The first-order chi connectivity index (χ1) is 14.6. The number of esters is 1. The molecule has 0 radical (unpaired) electrons. The van der Waals surface area contributed by atoms with E-state index in [9.17, 15) is 9.59 Å². The lowest BCUT2D eigenvalue weighted by Crippen LogP contribution is -2.14. The average Bonchev–Trinajstić information content (AvgIpc) is 2.78. The minimum atomic E-state index is -0.507. The predicted molar refractivity (Wildman–Crippen MR) is 123 cm³/mol. The van der Waals surface area contributed by atoms with Crippen molar-refractivity contribution in [3.05, 3.63) is 107 Å². The van der Waals surface area contributed by atoms with Crippen molar-refractivity contribution >= 4 is 50.2 Å². The van der Waals surface area contributed by atoms with Gasteiger partial charge in [-0.1, -0.05) is 82.3 Å². The molecule has 148 valence electrons. The van der Waals surface area contributed by atoms with E-state index in [1.807, 2.05) is 60.7 Å². The van der Waals surface area contributed by atoms with E-state index in [0.717, 1.165) is 25.0 Å². The summed E-state index contributed by atoms with van der Waals surface area (Å²) in [6.07, 6.45) is 0. The van der Waals surface area contributed by atoms with E-state index in [4.69, 9.17) is 4.74 Å². The first-order valence-corrected chi connectivity index (χ1v) is 10.9. The fourth-order valence-corrected chi connectivity index (χ4v) is 4.39. The molecule has 4 rings (SSSR count). The molecule has 0 atom stereocenters. The quantitative estimate of drug-likeness (QED) is 0.227. The van der Waals surface area contributed by atoms with Crippen molar-refractivity contribution in [3.63, 3.8) is 0 Å². The standard InChI is InChI=1S/C25H17BrO3S/c26-19-14-12-17(13-15-19)22(27)16-29-25(28)21-10-4-6-18-7-5-11-23(24(18)21)30-20-8-2-1-3-9-20/h1-15H,16H2. The maximum absolute atomic E-state index is 12.9. The van der Waals surface area contributed by atoms with Crippen molar-refractivity contribution in [2.45, 2.75) is 9.79 Å². The first kappa shape index (κ1) is 20.4. The minimum absolute atomic E-state index is 0.241. The van der Waals surface area contributed by atoms with Gasteiger partial charge in [-0.05, 0) is 41.8 Å². The molecule has 0 fully saturated rings. The second kappa shape index (κ2) is 9.28. The van der Waals surface area contributed by atoms with Gasteiger partial charge in [-0.15, -0.1) is 0 Å². The van der Waals surface area contributed by atoms with Crippen molar-refractivity contribution in [2.75, 3.05) is 6.61 Å². The number of carbonyl (C=O) groups is 2. The molecule has 0 aliphatic rings. The summed E-state index contributed by atoms with van der Waals surface area (Å²) in [4.78, 5) is 27.3. The highest BCUT2D eigenvalue weighted by molar-refractivity contribution is 9.10. The smallest absolute Gasteiger partial charge is 0.339 e. The highest BCUT2D eigenvalue weighted by Gasteiger charge is 2.17. The maximum atomic E-state index is 12.9. The number of ether oxygens (including phenoxy) is 1. The molecule has 5 heteroatoms. The molecule has 0 saturated carbocycles. The fourth-order valence-electron chi connectivity index (χ4n) is 3.11. The molecule has 0 bridgehead atoms. The molecular formula is C25H17BrO3S. The van der Waals surface area contributed by atoms with Gasteiger partial charge < -0.3 is 4.74 Å². The van der Waals surface area contributed by atoms with Crippen molar-refractivity contribution in [2.24, 2.45) is 0 Å². The summed E-state index contributed by atoms with van der Waals surface area (Å²) < 4.78 is 6.26. The Morgan fingerprint density at radius 3 is 2.23 bits per heavy atom. The Labute approximate surface area is 187 Å². The number of halogens is 1. The summed E-state index contributed by atoms with van der Waals surface area (Å²) in [5.41, 5.74) is 0.958. The van der Waals surface area contributed by atoms with Gasteiger partial charge in [0.15, 0.2) is 12.4 Å². The highest BCUT2D eigenvalue weighted by atomic mass is 79.9. The van der Waals surface area contributed by atoms with E-state index >= 15 is 0 Å². The van der Waals surface area contributed by atoms with Crippen molar-refractivity contribution in [1.29, 1.82) is 0 Å². The van der Waals surface area contributed by atoms with Crippen molar-refractivity contribution in [3.8, 4) is 0 Å². The number of Topliss-reactive ketones (excluding diaryl/α,β-unsaturated/α-hetero) is 1. The van der Waals surface area contributed by atoms with Crippen molar-refractivity contribution < 1.29 is 14.3 Å². The molecule has 4 aromatic rings. The van der Waals surface area contributed by atoms with Crippen LogP contribution < -0.4 is 0 Å². The number of rotatable bonds is 6. The Bertz CT molecular complexity index is 1200. The normalized spacial score (nSPS) is 10.7. The largest absolute Gasteiger partial charge is 0.454 e. The second-order valence-electron chi connectivity index (χ2n) is 6.58. The fraction of sp³-hybridized carbons (Fsp3) is 0.0400. The molecule has 0 heterocycles. The number of hydrogen-bond acceptors (Lipinski definition) is 4. The molecule has 0 amide bonds.